The lowest BCUT2D eigenvalue weighted by molar-refractivity contribution is -0.141. The molecule has 0 aliphatic carbocycles. The summed E-state index contributed by atoms with van der Waals surface area (Å²) in [5.74, 6) is -0.0939. The lowest BCUT2D eigenvalue weighted by Crippen LogP contribution is -2.41. The van der Waals surface area contributed by atoms with E-state index in [9.17, 15) is 9.59 Å². The van der Waals surface area contributed by atoms with E-state index in [2.05, 4.69) is 4.90 Å². The third-order valence-electron chi connectivity index (χ3n) is 3.86. The first-order valence-corrected chi connectivity index (χ1v) is 7.06. The largest absolute Gasteiger partial charge is 0.469 e. The summed E-state index contributed by atoms with van der Waals surface area (Å²) >= 11 is 0. The number of ketones is 1. The number of carbonyl (C=O) groups excluding carboxylic acids is 2. The topological polar surface area (TPSA) is 46.6 Å². The number of nitrogens with zero attached hydrogens (tertiary/aromatic N) is 1. The smallest absolute Gasteiger partial charge is 0.307 e. The van der Waals surface area contributed by atoms with Gasteiger partial charge >= 0.3 is 5.97 Å². The van der Waals surface area contributed by atoms with Gasteiger partial charge in [0.05, 0.1) is 13.5 Å². The van der Waals surface area contributed by atoms with E-state index in [-0.39, 0.29) is 17.8 Å². The standard InChI is InChI=1S/C16H21NO3/c1-12(18)13-6-8-14(9-7-13)17-10-4-3-5-15(17)11-16(19)20-2/h6-9,15H,3-5,10-11H2,1-2H3. The molecule has 0 radical (unpaired) electrons. The summed E-state index contributed by atoms with van der Waals surface area (Å²) in [6.45, 7) is 2.51. The van der Waals surface area contributed by atoms with Crippen LogP contribution in [0.4, 0.5) is 5.69 Å². The van der Waals surface area contributed by atoms with Crippen LogP contribution in [0, 0.1) is 0 Å². The first kappa shape index (κ1) is 14.6. The molecule has 1 atom stereocenters. The van der Waals surface area contributed by atoms with Crippen LogP contribution in [-0.4, -0.2) is 31.4 Å². The number of methoxy groups -OCH3 is 1. The molecule has 1 aromatic carbocycles. The molecule has 2 rings (SSSR count). The van der Waals surface area contributed by atoms with Crippen LogP contribution in [0.15, 0.2) is 24.3 Å². The number of hydrogen-bond acceptors (Lipinski definition) is 4. The number of rotatable bonds is 4. The zero-order valence-electron chi connectivity index (χ0n) is 12.1. The molecule has 0 bridgehead atoms. The average Bonchev–Trinajstić information content (AvgIpc) is 2.48. The zero-order valence-corrected chi connectivity index (χ0v) is 12.1. The van der Waals surface area contributed by atoms with Gasteiger partial charge in [-0.1, -0.05) is 0 Å². The number of anilines is 1. The summed E-state index contributed by atoms with van der Waals surface area (Å²) < 4.78 is 4.78. The highest BCUT2D eigenvalue weighted by molar-refractivity contribution is 5.94. The van der Waals surface area contributed by atoms with Crippen LogP contribution < -0.4 is 4.90 Å². The minimum atomic E-state index is -0.165. The molecule has 1 heterocycles. The van der Waals surface area contributed by atoms with Crippen LogP contribution in [0.5, 0.6) is 0 Å². The van der Waals surface area contributed by atoms with E-state index in [0.717, 1.165) is 37.1 Å². The summed E-state index contributed by atoms with van der Waals surface area (Å²) in [5.41, 5.74) is 1.79. The van der Waals surface area contributed by atoms with E-state index in [4.69, 9.17) is 4.74 Å². The van der Waals surface area contributed by atoms with Crippen molar-refractivity contribution < 1.29 is 14.3 Å². The van der Waals surface area contributed by atoms with Crippen molar-refractivity contribution in [3.8, 4) is 0 Å². The predicted octanol–water partition coefficient (Wildman–Crippen LogP) is 2.81. The Balaban J connectivity index is 2.14. The summed E-state index contributed by atoms with van der Waals surface area (Å²) in [4.78, 5) is 25.1. The predicted molar refractivity (Wildman–Crippen MR) is 78.1 cm³/mol. The lowest BCUT2D eigenvalue weighted by Gasteiger charge is -2.37. The first-order chi connectivity index (χ1) is 9.61. The normalized spacial score (nSPS) is 18.7. The van der Waals surface area contributed by atoms with Crippen molar-refractivity contribution in [1.82, 2.24) is 0 Å². The molecule has 1 unspecified atom stereocenters. The molecular formula is C16H21NO3. The van der Waals surface area contributed by atoms with Crippen LogP contribution in [0.3, 0.4) is 0 Å². The molecule has 1 aliphatic rings. The highest BCUT2D eigenvalue weighted by atomic mass is 16.5. The third kappa shape index (κ3) is 3.38. The molecule has 0 saturated carbocycles. The molecule has 1 fully saturated rings. The van der Waals surface area contributed by atoms with Crippen molar-refractivity contribution in [2.24, 2.45) is 0 Å². The Kier molecular flexibility index (Phi) is 4.77. The van der Waals surface area contributed by atoms with E-state index in [0.29, 0.717) is 6.42 Å². The van der Waals surface area contributed by atoms with Crippen molar-refractivity contribution in [2.45, 2.75) is 38.6 Å². The molecule has 1 aliphatic heterocycles. The molecule has 108 valence electrons. The molecule has 20 heavy (non-hydrogen) atoms. The highest BCUT2D eigenvalue weighted by Gasteiger charge is 2.25. The van der Waals surface area contributed by atoms with Gasteiger partial charge in [-0.2, -0.15) is 0 Å². The molecule has 0 amide bonds. The van der Waals surface area contributed by atoms with Gasteiger partial charge in [-0.3, -0.25) is 9.59 Å². The fraction of sp³-hybridized carbons (Fsp3) is 0.500. The van der Waals surface area contributed by atoms with E-state index >= 15 is 0 Å². The number of esters is 1. The SMILES string of the molecule is COC(=O)CC1CCCCN1c1ccc(C(C)=O)cc1. The fourth-order valence-corrected chi connectivity index (χ4v) is 2.72. The summed E-state index contributed by atoms with van der Waals surface area (Å²) in [6.07, 6.45) is 3.70. The van der Waals surface area contributed by atoms with E-state index in [1.165, 1.54) is 7.11 Å². The Labute approximate surface area is 119 Å². The van der Waals surface area contributed by atoms with Crippen LogP contribution in [0.2, 0.25) is 0 Å². The number of benzene rings is 1. The molecule has 1 aromatic rings. The quantitative estimate of drug-likeness (QED) is 0.626. The van der Waals surface area contributed by atoms with Crippen molar-refractivity contribution >= 4 is 17.4 Å². The number of Topliss-reactive ketones (excluding diaryl/α,β-unsaturated/α-hetero) is 1. The molecule has 4 nitrogen and oxygen atoms in total. The second-order valence-electron chi connectivity index (χ2n) is 5.23. The average molecular weight is 275 g/mol. The first-order valence-electron chi connectivity index (χ1n) is 7.06. The maximum absolute atomic E-state index is 11.5. The second kappa shape index (κ2) is 6.55. The van der Waals surface area contributed by atoms with Crippen LogP contribution in [-0.2, 0) is 9.53 Å². The van der Waals surface area contributed by atoms with Gasteiger partial charge in [0.25, 0.3) is 0 Å². The van der Waals surface area contributed by atoms with E-state index in [1.54, 1.807) is 6.92 Å². The number of hydrogen-bond donors (Lipinski definition) is 0. The lowest BCUT2D eigenvalue weighted by atomic mass is 9.98. The van der Waals surface area contributed by atoms with Gasteiger partial charge in [-0.15, -0.1) is 0 Å². The van der Waals surface area contributed by atoms with Crippen LogP contribution >= 0.6 is 0 Å². The van der Waals surface area contributed by atoms with Crippen molar-refractivity contribution in [2.75, 3.05) is 18.6 Å². The summed E-state index contributed by atoms with van der Waals surface area (Å²) in [6, 6.07) is 7.82. The number of ether oxygens (including phenoxy) is 1. The summed E-state index contributed by atoms with van der Waals surface area (Å²) in [5, 5.41) is 0. The number of carbonyl (C=O) groups is 2. The third-order valence-corrected chi connectivity index (χ3v) is 3.86. The van der Waals surface area contributed by atoms with E-state index < -0.39 is 0 Å². The minimum absolute atomic E-state index is 0.0707. The van der Waals surface area contributed by atoms with Crippen LogP contribution in [0.25, 0.3) is 0 Å². The zero-order chi connectivity index (χ0) is 14.5. The van der Waals surface area contributed by atoms with Gasteiger partial charge in [0, 0.05) is 23.8 Å². The Morgan fingerprint density at radius 1 is 1.25 bits per heavy atom. The van der Waals surface area contributed by atoms with Crippen molar-refractivity contribution in [1.29, 1.82) is 0 Å². The summed E-state index contributed by atoms with van der Waals surface area (Å²) in [7, 11) is 1.43. The maximum atomic E-state index is 11.5. The second-order valence-corrected chi connectivity index (χ2v) is 5.23. The number of piperidine rings is 1. The molecule has 0 spiro atoms. The molecule has 1 saturated heterocycles. The Morgan fingerprint density at radius 2 is 1.95 bits per heavy atom. The van der Waals surface area contributed by atoms with Gasteiger partial charge in [-0.25, -0.2) is 0 Å². The van der Waals surface area contributed by atoms with Gasteiger partial charge in [-0.05, 0) is 50.5 Å². The van der Waals surface area contributed by atoms with Gasteiger partial charge in [0.1, 0.15) is 0 Å². The Morgan fingerprint density at radius 3 is 2.55 bits per heavy atom. The van der Waals surface area contributed by atoms with Crippen molar-refractivity contribution in [3.63, 3.8) is 0 Å². The van der Waals surface area contributed by atoms with Gasteiger partial charge < -0.3 is 9.64 Å². The van der Waals surface area contributed by atoms with Crippen molar-refractivity contribution in [3.05, 3.63) is 29.8 Å². The molecule has 0 N–H and O–H groups in total. The monoisotopic (exact) mass is 275 g/mol. The Bertz CT molecular complexity index is 481. The van der Waals surface area contributed by atoms with Gasteiger partial charge in [0.2, 0.25) is 0 Å². The molecular weight excluding hydrogens is 254 g/mol. The highest BCUT2D eigenvalue weighted by Crippen LogP contribution is 2.27. The fourth-order valence-electron chi connectivity index (χ4n) is 2.72. The van der Waals surface area contributed by atoms with Gasteiger partial charge in [0.15, 0.2) is 5.78 Å². The van der Waals surface area contributed by atoms with Crippen LogP contribution in [0.1, 0.15) is 43.0 Å². The maximum Gasteiger partial charge on any atom is 0.307 e. The molecule has 4 heteroatoms. The Hall–Kier alpha value is -1.84. The minimum Gasteiger partial charge on any atom is -0.469 e. The van der Waals surface area contributed by atoms with E-state index in [1.807, 2.05) is 24.3 Å². The molecule has 0 aromatic heterocycles.